The van der Waals surface area contributed by atoms with Gasteiger partial charge in [0.05, 0.1) is 11.7 Å². The Kier molecular flexibility index (Phi) is 4.31. The van der Waals surface area contributed by atoms with Crippen LogP contribution in [0.3, 0.4) is 0 Å². The molecule has 0 spiro atoms. The molecule has 0 aliphatic carbocycles. The fraction of sp³-hybridized carbons (Fsp3) is 0.286. The summed E-state index contributed by atoms with van der Waals surface area (Å²) in [6.07, 6.45) is 2.08. The van der Waals surface area contributed by atoms with Gasteiger partial charge in [0.2, 0.25) is 0 Å². The predicted molar refractivity (Wildman–Crippen MR) is 110 cm³/mol. The summed E-state index contributed by atoms with van der Waals surface area (Å²) >= 11 is 0. The number of hydrogen-bond donors (Lipinski definition) is 1. The van der Waals surface area contributed by atoms with Crippen LogP contribution in [0.25, 0.3) is 17.2 Å². The van der Waals surface area contributed by atoms with Crippen molar-refractivity contribution in [3.05, 3.63) is 65.7 Å². The number of anilines is 1. The van der Waals surface area contributed by atoms with E-state index < -0.39 is 0 Å². The van der Waals surface area contributed by atoms with E-state index in [1.807, 2.05) is 67.1 Å². The fourth-order valence-electron chi connectivity index (χ4n) is 3.91. The molecule has 1 aliphatic rings. The summed E-state index contributed by atoms with van der Waals surface area (Å²) in [5.41, 5.74) is 3.01. The summed E-state index contributed by atoms with van der Waals surface area (Å²) in [6.45, 7) is 4.90. The van der Waals surface area contributed by atoms with Gasteiger partial charge in [-0.25, -0.2) is 9.67 Å². The maximum absolute atomic E-state index is 4.75. The van der Waals surface area contributed by atoms with Crippen LogP contribution in [-0.4, -0.2) is 41.7 Å². The number of rotatable bonds is 4. The van der Waals surface area contributed by atoms with Crippen molar-refractivity contribution >= 4 is 5.82 Å². The first-order chi connectivity index (χ1) is 14.2. The Morgan fingerprint density at radius 2 is 1.79 bits per heavy atom. The summed E-state index contributed by atoms with van der Waals surface area (Å²) in [5.74, 6) is 3.15. The average molecular weight is 386 g/mol. The van der Waals surface area contributed by atoms with E-state index in [4.69, 9.17) is 4.98 Å². The zero-order chi connectivity index (χ0) is 19.8. The highest BCUT2D eigenvalue weighted by molar-refractivity contribution is 5.54. The lowest BCUT2D eigenvalue weighted by molar-refractivity contribution is 0.658. The van der Waals surface area contributed by atoms with Crippen LogP contribution in [0.1, 0.15) is 36.1 Å². The molecule has 29 heavy (non-hydrogen) atoms. The summed E-state index contributed by atoms with van der Waals surface area (Å²) < 4.78 is 1.82. The Balaban J connectivity index is 1.40. The van der Waals surface area contributed by atoms with Gasteiger partial charge in [0.15, 0.2) is 17.5 Å². The van der Waals surface area contributed by atoms with Gasteiger partial charge in [0, 0.05) is 17.8 Å². The zero-order valence-electron chi connectivity index (χ0n) is 16.4. The monoisotopic (exact) mass is 386 g/mol. The van der Waals surface area contributed by atoms with Gasteiger partial charge < -0.3 is 4.90 Å². The Morgan fingerprint density at radius 1 is 1.00 bits per heavy atom. The van der Waals surface area contributed by atoms with Crippen LogP contribution in [0, 0.1) is 13.8 Å². The van der Waals surface area contributed by atoms with Gasteiger partial charge in [-0.05, 0) is 44.9 Å². The van der Waals surface area contributed by atoms with Gasteiger partial charge >= 0.3 is 0 Å². The van der Waals surface area contributed by atoms with Crippen molar-refractivity contribution in [2.45, 2.75) is 32.7 Å². The Bertz CT molecular complexity index is 1110. The van der Waals surface area contributed by atoms with Crippen LogP contribution in [0.15, 0.2) is 48.5 Å². The SMILES string of the molecule is Cc1cc(C)n(-c2ccc(N3CCC[C@H]3c3nc(-c4ccccc4)n[nH]3)nn2)n1. The largest absolute Gasteiger partial charge is 0.345 e. The normalized spacial score (nSPS) is 16.5. The number of nitrogens with zero attached hydrogens (tertiary/aromatic N) is 7. The number of aromatic nitrogens is 7. The number of benzene rings is 1. The quantitative estimate of drug-likeness (QED) is 0.578. The maximum Gasteiger partial charge on any atom is 0.181 e. The minimum atomic E-state index is 0.119. The first-order valence-corrected chi connectivity index (χ1v) is 9.81. The van der Waals surface area contributed by atoms with Gasteiger partial charge in [-0.1, -0.05) is 30.3 Å². The number of aryl methyl sites for hydroxylation is 2. The summed E-state index contributed by atoms with van der Waals surface area (Å²) in [6, 6.07) is 16.1. The van der Waals surface area contributed by atoms with E-state index in [1.54, 1.807) is 0 Å². The van der Waals surface area contributed by atoms with Crippen LogP contribution >= 0.6 is 0 Å². The van der Waals surface area contributed by atoms with E-state index in [2.05, 4.69) is 30.4 Å². The lowest BCUT2D eigenvalue weighted by Crippen LogP contribution is -2.25. The van der Waals surface area contributed by atoms with Crippen LogP contribution in [0.5, 0.6) is 0 Å². The molecule has 146 valence electrons. The zero-order valence-corrected chi connectivity index (χ0v) is 16.4. The van der Waals surface area contributed by atoms with Crippen LogP contribution in [0.4, 0.5) is 5.82 Å². The van der Waals surface area contributed by atoms with E-state index >= 15 is 0 Å². The molecule has 0 radical (unpaired) electrons. The highest BCUT2D eigenvalue weighted by Crippen LogP contribution is 2.34. The van der Waals surface area contributed by atoms with Crippen molar-refractivity contribution in [2.24, 2.45) is 0 Å². The molecule has 8 heteroatoms. The van der Waals surface area contributed by atoms with Gasteiger partial charge in [0.25, 0.3) is 0 Å². The summed E-state index contributed by atoms with van der Waals surface area (Å²) in [4.78, 5) is 6.99. The van der Waals surface area contributed by atoms with E-state index in [0.717, 1.165) is 59.6 Å². The molecule has 3 aromatic heterocycles. The number of nitrogens with one attached hydrogen (secondary N) is 1. The fourth-order valence-corrected chi connectivity index (χ4v) is 3.91. The number of hydrogen-bond acceptors (Lipinski definition) is 6. The van der Waals surface area contributed by atoms with Crippen molar-refractivity contribution in [3.63, 3.8) is 0 Å². The molecule has 5 rings (SSSR count). The third-order valence-corrected chi connectivity index (χ3v) is 5.26. The molecule has 1 N–H and O–H groups in total. The topological polar surface area (TPSA) is 88.4 Å². The Morgan fingerprint density at radius 3 is 2.52 bits per heavy atom. The van der Waals surface area contributed by atoms with Gasteiger partial charge in [0.1, 0.15) is 5.82 Å². The van der Waals surface area contributed by atoms with E-state index in [9.17, 15) is 0 Å². The van der Waals surface area contributed by atoms with E-state index in [1.165, 1.54) is 0 Å². The highest BCUT2D eigenvalue weighted by atomic mass is 15.4. The Hall–Kier alpha value is -3.55. The van der Waals surface area contributed by atoms with Gasteiger partial charge in [-0.3, -0.25) is 5.10 Å². The molecular formula is C21H22N8. The smallest absolute Gasteiger partial charge is 0.181 e. The minimum Gasteiger partial charge on any atom is -0.345 e. The predicted octanol–water partition coefficient (Wildman–Crippen LogP) is 3.41. The van der Waals surface area contributed by atoms with Crippen molar-refractivity contribution in [1.29, 1.82) is 0 Å². The van der Waals surface area contributed by atoms with Crippen LogP contribution in [0.2, 0.25) is 0 Å². The molecule has 0 bridgehead atoms. The average Bonchev–Trinajstić information content (AvgIpc) is 3.48. The molecule has 1 atom stereocenters. The van der Waals surface area contributed by atoms with Crippen LogP contribution in [-0.2, 0) is 0 Å². The standard InChI is InChI=1S/C21H22N8/c1-14-13-15(2)29(27-14)19-11-10-18(23-24-19)28-12-6-9-17(28)21-22-20(25-26-21)16-7-4-3-5-8-16/h3-5,7-8,10-11,13,17H,6,9,12H2,1-2H3,(H,22,25,26)/t17-/m0/s1. The molecule has 4 heterocycles. The third kappa shape index (κ3) is 3.26. The lowest BCUT2D eigenvalue weighted by Gasteiger charge is -2.23. The number of aromatic amines is 1. The van der Waals surface area contributed by atoms with Gasteiger partial charge in [-0.2, -0.15) is 10.2 Å². The molecule has 1 aliphatic heterocycles. The summed E-state index contributed by atoms with van der Waals surface area (Å²) in [7, 11) is 0. The van der Waals surface area contributed by atoms with Gasteiger partial charge in [-0.15, -0.1) is 10.2 Å². The molecule has 8 nitrogen and oxygen atoms in total. The molecular weight excluding hydrogens is 364 g/mol. The molecule has 1 aromatic carbocycles. The van der Waals surface area contributed by atoms with E-state index in [0.29, 0.717) is 0 Å². The van der Waals surface area contributed by atoms with Crippen molar-refractivity contribution in [2.75, 3.05) is 11.4 Å². The Labute approximate surface area is 168 Å². The minimum absolute atomic E-state index is 0.119. The molecule has 1 saturated heterocycles. The lowest BCUT2D eigenvalue weighted by atomic mass is 10.2. The number of H-pyrrole nitrogens is 1. The molecule has 0 amide bonds. The molecule has 1 fully saturated rings. The van der Waals surface area contributed by atoms with Crippen LogP contribution < -0.4 is 4.90 Å². The second-order valence-electron chi connectivity index (χ2n) is 7.35. The van der Waals surface area contributed by atoms with Crippen molar-refractivity contribution in [1.82, 2.24) is 35.2 Å². The first-order valence-electron chi connectivity index (χ1n) is 9.81. The molecule has 0 unspecified atom stereocenters. The first kappa shape index (κ1) is 17.5. The summed E-state index contributed by atoms with van der Waals surface area (Å²) in [5, 5.41) is 20.9. The maximum atomic E-state index is 4.75. The van der Waals surface area contributed by atoms with Crippen molar-refractivity contribution < 1.29 is 0 Å². The highest BCUT2D eigenvalue weighted by Gasteiger charge is 2.30. The molecule has 4 aromatic rings. The second kappa shape index (κ2) is 7.12. The van der Waals surface area contributed by atoms with E-state index in [-0.39, 0.29) is 6.04 Å². The second-order valence-corrected chi connectivity index (χ2v) is 7.35. The van der Waals surface area contributed by atoms with Crippen molar-refractivity contribution in [3.8, 4) is 17.2 Å². The molecule has 0 saturated carbocycles. The third-order valence-electron chi connectivity index (χ3n) is 5.26.